The van der Waals surface area contributed by atoms with Crippen LogP contribution in [-0.4, -0.2) is 23.5 Å². The number of Topliss-reactive ketones (excluding diaryl/α,β-unsaturated/α-hetero) is 1. The highest BCUT2D eigenvalue weighted by molar-refractivity contribution is 6.03. The Hall–Kier alpha value is -1.43. The van der Waals surface area contributed by atoms with Crippen LogP contribution in [0.1, 0.15) is 41.6 Å². The Morgan fingerprint density at radius 3 is 2.53 bits per heavy atom. The van der Waals surface area contributed by atoms with E-state index in [2.05, 4.69) is 4.98 Å². The number of methoxy groups -OCH3 is 1. The van der Waals surface area contributed by atoms with Crippen LogP contribution in [0.2, 0.25) is 0 Å². The van der Waals surface area contributed by atoms with Gasteiger partial charge in [0.2, 0.25) is 0 Å². The molecule has 3 nitrogen and oxygen atoms in total. The first-order chi connectivity index (χ1) is 8.91. The lowest BCUT2D eigenvalue weighted by Gasteiger charge is -2.26. The zero-order valence-electron chi connectivity index (χ0n) is 10.5. The number of aromatic nitrogens is 1. The van der Waals surface area contributed by atoms with Crippen molar-refractivity contribution in [3.8, 4) is 0 Å². The van der Waals surface area contributed by atoms with E-state index in [1.54, 1.807) is 0 Å². The first kappa shape index (κ1) is 14.0. The molecule has 0 amide bonds. The Balaban J connectivity index is 2.45. The quantitative estimate of drug-likeness (QED) is 0.794. The molecule has 0 unspecified atom stereocenters. The monoisotopic (exact) mass is 273 g/mol. The molecule has 0 saturated heterocycles. The number of ether oxygens (including phenoxy) is 1. The van der Waals surface area contributed by atoms with Crippen LogP contribution in [0.4, 0.5) is 13.2 Å². The fourth-order valence-electron chi connectivity index (χ4n) is 2.54. The maximum Gasteiger partial charge on any atom is 0.417 e. The molecule has 1 aliphatic carbocycles. The smallest absolute Gasteiger partial charge is 0.370 e. The molecule has 1 aromatic heterocycles. The summed E-state index contributed by atoms with van der Waals surface area (Å²) in [6.45, 7) is 0. The molecule has 104 valence electrons. The van der Waals surface area contributed by atoms with Crippen LogP contribution >= 0.6 is 0 Å². The molecule has 0 bridgehead atoms. The lowest BCUT2D eigenvalue weighted by atomic mass is 9.89. The highest BCUT2D eigenvalue weighted by atomic mass is 19.4. The number of rotatable bonds is 3. The normalized spacial score (nSPS) is 18.5. The lowest BCUT2D eigenvalue weighted by molar-refractivity contribution is -0.138. The molecule has 1 heterocycles. The average Bonchev–Trinajstić information content (AvgIpc) is 2.87. The van der Waals surface area contributed by atoms with Crippen molar-refractivity contribution in [3.63, 3.8) is 0 Å². The van der Waals surface area contributed by atoms with Crippen LogP contribution in [0.5, 0.6) is 0 Å². The van der Waals surface area contributed by atoms with E-state index in [-0.39, 0.29) is 0 Å². The Morgan fingerprint density at radius 1 is 1.37 bits per heavy atom. The third-order valence-electron chi connectivity index (χ3n) is 3.59. The molecular weight excluding hydrogens is 259 g/mol. The second kappa shape index (κ2) is 4.92. The van der Waals surface area contributed by atoms with E-state index in [9.17, 15) is 18.0 Å². The van der Waals surface area contributed by atoms with Gasteiger partial charge < -0.3 is 4.74 Å². The number of alkyl halides is 3. The standard InChI is InChI=1S/C13H14F3NO2/c1-19-12(5-2-3-6-12)11(18)9-8-17-7-4-10(9)13(14,15)16/h4,7-8H,2-3,5-6H2,1H3. The van der Waals surface area contributed by atoms with Crippen LogP contribution < -0.4 is 0 Å². The van der Waals surface area contributed by atoms with Gasteiger partial charge in [-0.2, -0.15) is 13.2 Å². The fourth-order valence-corrected chi connectivity index (χ4v) is 2.54. The summed E-state index contributed by atoms with van der Waals surface area (Å²) in [6, 6.07) is 0.825. The molecule has 19 heavy (non-hydrogen) atoms. The second-order valence-electron chi connectivity index (χ2n) is 4.65. The zero-order chi connectivity index (χ0) is 14.1. The van der Waals surface area contributed by atoms with E-state index in [1.165, 1.54) is 7.11 Å². The summed E-state index contributed by atoms with van der Waals surface area (Å²) >= 11 is 0. The van der Waals surface area contributed by atoms with Crippen molar-refractivity contribution in [1.82, 2.24) is 4.98 Å². The van der Waals surface area contributed by atoms with Gasteiger partial charge in [0.05, 0.1) is 11.1 Å². The van der Waals surface area contributed by atoms with Crippen LogP contribution in [0.15, 0.2) is 18.5 Å². The predicted octanol–water partition coefficient (Wildman–Crippen LogP) is 3.24. The van der Waals surface area contributed by atoms with Crippen molar-refractivity contribution in [2.45, 2.75) is 37.5 Å². The number of carbonyl (C=O) groups is 1. The molecule has 0 spiro atoms. The van der Waals surface area contributed by atoms with E-state index < -0.39 is 28.7 Å². The van der Waals surface area contributed by atoms with Crippen molar-refractivity contribution in [2.24, 2.45) is 0 Å². The van der Waals surface area contributed by atoms with Gasteiger partial charge in [-0.25, -0.2) is 0 Å². The van der Waals surface area contributed by atoms with Crippen molar-refractivity contribution in [1.29, 1.82) is 0 Å². The Morgan fingerprint density at radius 2 is 2.00 bits per heavy atom. The van der Waals surface area contributed by atoms with E-state index >= 15 is 0 Å². The molecule has 1 aromatic rings. The minimum absolute atomic E-state index is 0.404. The predicted molar refractivity (Wildman–Crippen MR) is 61.8 cm³/mol. The minimum Gasteiger partial charge on any atom is -0.370 e. The molecule has 0 atom stereocenters. The summed E-state index contributed by atoms with van der Waals surface area (Å²) in [4.78, 5) is 16.0. The Labute approximate surface area is 108 Å². The van der Waals surface area contributed by atoms with Crippen LogP contribution in [0.3, 0.4) is 0 Å². The maximum atomic E-state index is 12.9. The van der Waals surface area contributed by atoms with Gasteiger partial charge in [-0.1, -0.05) is 0 Å². The third kappa shape index (κ3) is 2.49. The van der Waals surface area contributed by atoms with Gasteiger partial charge in [0, 0.05) is 19.5 Å². The summed E-state index contributed by atoms with van der Waals surface area (Å²) in [5.74, 6) is -0.618. The number of halogens is 3. The number of hydrogen-bond acceptors (Lipinski definition) is 3. The highest BCUT2D eigenvalue weighted by Gasteiger charge is 2.45. The van der Waals surface area contributed by atoms with Crippen LogP contribution in [-0.2, 0) is 10.9 Å². The molecule has 0 N–H and O–H groups in total. The zero-order valence-corrected chi connectivity index (χ0v) is 10.5. The molecule has 0 aliphatic heterocycles. The highest BCUT2D eigenvalue weighted by Crippen LogP contribution is 2.39. The van der Waals surface area contributed by atoms with Crippen molar-refractivity contribution >= 4 is 5.78 Å². The van der Waals surface area contributed by atoms with E-state index in [1.807, 2.05) is 0 Å². The summed E-state index contributed by atoms with van der Waals surface area (Å²) in [6.07, 6.45) is -0.0924. The topological polar surface area (TPSA) is 39.2 Å². The van der Waals surface area contributed by atoms with Gasteiger partial charge in [-0.3, -0.25) is 9.78 Å². The molecule has 1 saturated carbocycles. The molecule has 1 aliphatic rings. The Kier molecular flexibility index (Phi) is 3.62. The van der Waals surface area contributed by atoms with Crippen LogP contribution in [0, 0.1) is 0 Å². The van der Waals surface area contributed by atoms with E-state index in [0.717, 1.165) is 31.3 Å². The average molecular weight is 273 g/mol. The number of nitrogens with zero attached hydrogens (tertiary/aromatic N) is 1. The summed E-state index contributed by atoms with van der Waals surface area (Å²) in [5.41, 5.74) is -2.47. The molecule has 0 aromatic carbocycles. The van der Waals surface area contributed by atoms with Gasteiger partial charge in [-0.15, -0.1) is 0 Å². The van der Waals surface area contributed by atoms with Gasteiger partial charge in [-0.05, 0) is 31.7 Å². The first-order valence-electron chi connectivity index (χ1n) is 6.02. The molecule has 1 fully saturated rings. The summed E-state index contributed by atoms with van der Waals surface area (Å²) < 4.78 is 43.9. The number of carbonyl (C=O) groups excluding carboxylic acids is 1. The van der Waals surface area contributed by atoms with Gasteiger partial charge in [0.1, 0.15) is 5.60 Å². The first-order valence-corrected chi connectivity index (χ1v) is 6.02. The van der Waals surface area contributed by atoms with Crippen LogP contribution in [0.25, 0.3) is 0 Å². The number of pyridine rings is 1. The third-order valence-corrected chi connectivity index (χ3v) is 3.59. The summed E-state index contributed by atoms with van der Waals surface area (Å²) in [5, 5.41) is 0. The van der Waals surface area contributed by atoms with Gasteiger partial charge in [0.25, 0.3) is 0 Å². The molecule has 6 heteroatoms. The second-order valence-corrected chi connectivity index (χ2v) is 4.65. The van der Waals surface area contributed by atoms with Gasteiger partial charge in [0.15, 0.2) is 5.78 Å². The van der Waals surface area contributed by atoms with E-state index in [0.29, 0.717) is 12.8 Å². The van der Waals surface area contributed by atoms with Crippen molar-refractivity contribution < 1.29 is 22.7 Å². The fraction of sp³-hybridized carbons (Fsp3) is 0.538. The van der Waals surface area contributed by atoms with Crippen molar-refractivity contribution in [2.75, 3.05) is 7.11 Å². The largest absolute Gasteiger partial charge is 0.417 e. The summed E-state index contributed by atoms with van der Waals surface area (Å²) in [7, 11) is 1.37. The minimum atomic E-state index is -4.57. The van der Waals surface area contributed by atoms with Crippen molar-refractivity contribution in [3.05, 3.63) is 29.6 Å². The maximum absolute atomic E-state index is 12.9. The Bertz CT molecular complexity index is 479. The number of hydrogen-bond donors (Lipinski definition) is 0. The van der Waals surface area contributed by atoms with E-state index in [4.69, 9.17) is 4.74 Å². The SMILES string of the molecule is COC1(C(=O)c2cnccc2C(F)(F)F)CCCC1. The molecule has 2 rings (SSSR count). The lowest BCUT2D eigenvalue weighted by Crippen LogP contribution is -2.38. The molecule has 0 radical (unpaired) electrons. The van der Waals surface area contributed by atoms with Gasteiger partial charge >= 0.3 is 6.18 Å². The molecular formula is C13H14F3NO2. The number of ketones is 1.